The number of carbonyl (C=O) groups is 1. The van der Waals surface area contributed by atoms with Crippen LogP contribution in [0.2, 0.25) is 0 Å². The van der Waals surface area contributed by atoms with Crippen LogP contribution in [0.5, 0.6) is 11.5 Å². The first-order chi connectivity index (χ1) is 15.6. The molecular weight excluding hydrogens is 471 g/mol. The summed E-state index contributed by atoms with van der Waals surface area (Å²) in [5.41, 5.74) is -0.760. The molecule has 1 aliphatic heterocycles. The SMILES string of the molecule is C[C@]1(C(=O)O)CSC(c2ccc(OCCOCCOCCOCCOC(F)(F)F)cc2O)=N1. The van der Waals surface area contributed by atoms with Crippen molar-refractivity contribution in [3.05, 3.63) is 23.8 Å². The van der Waals surface area contributed by atoms with Gasteiger partial charge in [0.25, 0.3) is 0 Å². The Morgan fingerprint density at radius 1 is 1.06 bits per heavy atom. The van der Waals surface area contributed by atoms with E-state index in [1.54, 1.807) is 12.1 Å². The van der Waals surface area contributed by atoms with E-state index >= 15 is 0 Å². The van der Waals surface area contributed by atoms with E-state index in [0.29, 0.717) is 28.7 Å². The van der Waals surface area contributed by atoms with Crippen LogP contribution in [0.25, 0.3) is 0 Å². The molecule has 0 saturated heterocycles. The maximum Gasteiger partial charge on any atom is 0.522 e. The minimum absolute atomic E-state index is 0.0603. The number of aliphatic carboxylic acids is 1. The number of rotatable bonds is 15. The molecule has 0 radical (unpaired) electrons. The van der Waals surface area contributed by atoms with E-state index in [1.165, 1.54) is 24.8 Å². The van der Waals surface area contributed by atoms with Crippen molar-refractivity contribution < 1.29 is 51.9 Å². The number of halogens is 3. The van der Waals surface area contributed by atoms with Gasteiger partial charge < -0.3 is 29.2 Å². The summed E-state index contributed by atoms with van der Waals surface area (Å²) in [7, 11) is 0. The van der Waals surface area contributed by atoms with Crippen molar-refractivity contribution in [3.8, 4) is 11.5 Å². The minimum atomic E-state index is -4.65. The van der Waals surface area contributed by atoms with Gasteiger partial charge in [-0.1, -0.05) is 0 Å². The van der Waals surface area contributed by atoms with Gasteiger partial charge in [0.05, 0.1) is 46.2 Å². The molecule has 0 unspecified atom stereocenters. The summed E-state index contributed by atoms with van der Waals surface area (Å²) >= 11 is 1.27. The van der Waals surface area contributed by atoms with Gasteiger partial charge in [0.1, 0.15) is 23.1 Å². The molecule has 0 spiro atoms. The van der Waals surface area contributed by atoms with Gasteiger partial charge >= 0.3 is 12.3 Å². The van der Waals surface area contributed by atoms with Gasteiger partial charge in [0.2, 0.25) is 0 Å². The molecule has 0 fully saturated rings. The molecule has 33 heavy (non-hydrogen) atoms. The lowest BCUT2D eigenvalue weighted by atomic mass is 10.1. The number of ether oxygens (including phenoxy) is 5. The molecule has 13 heteroatoms. The molecule has 0 saturated carbocycles. The first kappa shape index (κ1) is 27.2. The van der Waals surface area contributed by atoms with E-state index in [4.69, 9.17) is 18.9 Å². The number of aromatic hydroxyl groups is 1. The summed E-state index contributed by atoms with van der Waals surface area (Å²) in [5, 5.41) is 20.0. The van der Waals surface area contributed by atoms with Crippen LogP contribution in [0.15, 0.2) is 23.2 Å². The summed E-state index contributed by atoms with van der Waals surface area (Å²) in [6.07, 6.45) is -4.65. The maximum absolute atomic E-state index is 11.7. The van der Waals surface area contributed by atoms with Crippen LogP contribution in [0.3, 0.4) is 0 Å². The Morgan fingerprint density at radius 3 is 2.15 bits per heavy atom. The fraction of sp³-hybridized carbons (Fsp3) is 0.600. The molecule has 2 N–H and O–H groups in total. The predicted molar refractivity (Wildman–Crippen MR) is 113 cm³/mol. The number of benzene rings is 1. The number of phenolic OH excluding ortho intramolecular Hbond substituents is 1. The third-order valence-corrected chi connectivity index (χ3v) is 5.52. The maximum atomic E-state index is 11.7. The molecule has 0 aliphatic carbocycles. The van der Waals surface area contributed by atoms with E-state index in [-0.39, 0.29) is 45.4 Å². The first-order valence-electron chi connectivity index (χ1n) is 9.97. The van der Waals surface area contributed by atoms with E-state index in [1.807, 2.05) is 0 Å². The number of hydrogen-bond donors (Lipinski definition) is 2. The largest absolute Gasteiger partial charge is 0.522 e. The highest BCUT2D eigenvalue weighted by atomic mass is 32.2. The molecule has 0 amide bonds. The normalized spacial score (nSPS) is 18.4. The third-order valence-electron chi connectivity index (χ3n) is 4.23. The number of alkyl halides is 3. The lowest BCUT2D eigenvalue weighted by molar-refractivity contribution is -0.327. The smallest absolute Gasteiger partial charge is 0.507 e. The van der Waals surface area contributed by atoms with Gasteiger partial charge in [-0.05, 0) is 19.1 Å². The molecule has 1 atom stereocenters. The van der Waals surface area contributed by atoms with Crippen LogP contribution in [-0.2, 0) is 23.7 Å². The number of phenols is 1. The van der Waals surface area contributed by atoms with Gasteiger partial charge in [0.15, 0.2) is 5.54 Å². The highest BCUT2D eigenvalue weighted by molar-refractivity contribution is 8.14. The predicted octanol–water partition coefficient (Wildman–Crippen LogP) is 2.69. The zero-order chi connectivity index (χ0) is 24.3. The molecule has 0 bridgehead atoms. The molecule has 0 aromatic heterocycles. The van der Waals surface area contributed by atoms with Crippen LogP contribution in [-0.4, -0.2) is 91.7 Å². The lowest BCUT2D eigenvalue weighted by Gasteiger charge is -2.12. The summed E-state index contributed by atoms with van der Waals surface area (Å²) in [5.74, 6) is -0.360. The Hall–Kier alpha value is -2.06. The van der Waals surface area contributed by atoms with Gasteiger partial charge in [0, 0.05) is 17.4 Å². The van der Waals surface area contributed by atoms with Crippen LogP contribution in [0, 0.1) is 0 Å². The van der Waals surface area contributed by atoms with E-state index in [2.05, 4.69) is 9.73 Å². The van der Waals surface area contributed by atoms with Gasteiger partial charge in [-0.15, -0.1) is 24.9 Å². The Bertz CT molecular complexity index is 808. The quantitative estimate of drug-likeness (QED) is 0.353. The third kappa shape index (κ3) is 9.76. The Labute approximate surface area is 192 Å². The molecule has 1 aromatic carbocycles. The summed E-state index contributed by atoms with van der Waals surface area (Å²) < 4.78 is 59.8. The first-order valence-corrected chi connectivity index (χ1v) is 11.0. The van der Waals surface area contributed by atoms with Gasteiger partial charge in [-0.25, -0.2) is 4.79 Å². The van der Waals surface area contributed by atoms with E-state index in [9.17, 15) is 28.2 Å². The number of nitrogens with zero attached hydrogens (tertiary/aromatic N) is 1. The van der Waals surface area contributed by atoms with Crippen molar-refractivity contribution in [3.63, 3.8) is 0 Å². The molecule has 9 nitrogen and oxygen atoms in total. The van der Waals surface area contributed by atoms with Crippen LogP contribution in [0.4, 0.5) is 13.2 Å². The Kier molecular flexibility index (Phi) is 10.7. The summed E-state index contributed by atoms with van der Waals surface area (Å²) in [4.78, 5) is 15.5. The molecule has 1 aromatic rings. The highest BCUT2D eigenvalue weighted by Crippen LogP contribution is 2.35. The highest BCUT2D eigenvalue weighted by Gasteiger charge is 2.39. The monoisotopic (exact) mass is 497 g/mol. The van der Waals surface area contributed by atoms with Crippen molar-refractivity contribution in [2.45, 2.75) is 18.8 Å². The number of carboxylic acid groups (broad SMARTS) is 1. The van der Waals surface area contributed by atoms with Crippen molar-refractivity contribution >= 4 is 22.8 Å². The van der Waals surface area contributed by atoms with Crippen LogP contribution >= 0.6 is 11.8 Å². The number of hydrogen-bond acceptors (Lipinski definition) is 9. The van der Waals surface area contributed by atoms with Crippen LogP contribution in [0.1, 0.15) is 12.5 Å². The van der Waals surface area contributed by atoms with Crippen molar-refractivity contribution in [1.82, 2.24) is 0 Å². The molecule has 2 rings (SSSR count). The lowest BCUT2D eigenvalue weighted by Crippen LogP contribution is -2.33. The summed E-state index contributed by atoms with van der Waals surface area (Å²) in [6, 6.07) is 4.70. The van der Waals surface area contributed by atoms with Gasteiger partial charge in [-0.3, -0.25) is 9.73 Å². The molecule has 186 valence electrons. The fourth-order valence-electron chi connectivity index (χ4n) is 2.50. The minimum Gasteiger partial charge on any atom is -0.507 e. The standard InChI is InChI=1S/C20H26F3NO8S/c1-19(18(26)27)13-33-17(24-19)15-3-2-14(12-16(15)25)31-10-8-29-6-4-28-5-7-30-9-11-32-20(21,22)23/h2-3,12,25H,4-11,13H2,1H3,(H,26,27)/t19-/m1/s1. The average molecular weight is 497 g/mol. The molecule has 1 aliphatic rings. The second-order valence-electron chi connectivity index (χ2n) is 6.94. The number of thioether (sulfide) groups is 1. The molecule has 1 heterocycles. The zero-order valence-electron chi connectivity index (χ0n) is 17.9. The number of aliphatic imine (C=N–C) groups is 1. The zero-order valence-corrected chi connectivity index (χ0v) is 18.7. The Morgan fingerprint density at radius 2 is 1.64 bits per heavy atom. The number of carboxylic acids is 1. The second kappa shape index (κ2) is 13.0. The molecular formula is C20H26F3NO8S. The van der Waals surface area contributed by atoms with Crippen molar-refractivity contribution in [1.29, 1.82) is 0 Å². The van der Waals surface area contributed by atoms with E-state index in [0.717, 1.165) is 0 Å². The summed E-state index contributed by atoms with van der Waals surface area (Å²) in [6.45, 7) is 2.23. The second-order valence-corrected chi connectivity index (χ2v) is 7.91. The average Bonchev–Trinajstić information content (AvgIpc) is 3.14. The topological polar surface area (TPSA) is 116 Å². The van der Waals surface area contributed by atoms with Gasteiger partial charge in [-0.2, -0.15) is 0 Å². The van der Waals surface area contributed by atoms with Crippen molar-refractivity contribution in [2.75, 3.05) is 58.6 Å². The van der Waals surface area contributed by atoms with Crippen LogP contribution < -0.4 is 4.74 Å². The van der Waals surface area contributed by atoms with E-state index < -0.39 is 24.5 Å². The van der Waals surface area contributed by atoms with Crippen molar-refractivity contribution in [2.24, 2.45) is 4.99 Å². The fourth-order valence-corrected chi connectivity index (χ4v) is 3.70. The Balaban J connectivity index is 1.54.